The van der Waals surface area contributed by atoms with Gasteiger partial charge in [0.1, 0.15) is 5.82 Å². The van der Waals surface area contributed by atoms with Crippen LogP contribution in [0.2, 0.25) is 0 Å². The molecule has 108 valence electrons. The highest BCUT2D eigenvalue weighted by Crippen LogP contribution is 2.24. The highest BCUT2D eigenvalue weighted by atomic mass is 79.9. The first-order chi connectivity index (χ1) is 10.2. The second-order valence-corrected chi connectivity index (χ2v) is 6.98. The molecule has 0 unspecified atom stereocenters. The summed E-state index contributed by atoms with van der Waals surface area (Å²) < 4.78 is 1.08. The summed E-state index contributed by atoms with van der Waals surface area (Å²) in [5.41, 5.74) is 1.66. The van der Waals surface area contributed by atoms with Crippen molar-refractivity contribution in [3.63, 3.8) is 0 Å². The maximum Gasteiger partial charge on any atom is 0.166 e. The van der Waals surface area contributed by atoms with E-state index in [9.17, 15) is 4.79 Å². The summed E-state index contributed by atoms with van der Waals surface area (Å²) in [7, 11) is 0. The highest BCUT2D eigenvalue weighted by Gasteiger charge is 2.17. The quantitative estimate of drug-likeness (QED) is 0.597. The van der Waals surface area contributed by atoms with Gasteiger partial charge in [0.15, 0.2) is 5.78 Å². The molecule has 3 nitrogen and oxygen atoms in total. The van der Waals surface area contributed by atoms with Crippen LogP contribution in [0.25, 0.3) is 0 Å². The maximum atomic E-state index is 11.9. The van der Waals surface area contributed by atoms with Gasteiger partial charge in [-0.2, -0.15) is 0 Å². The molecule has 3 rings (SSSR count). The van der Waals surface area contributed by atoms with Gasteiger partial charge in [0, 0.05) is 22.0 Å². The van der Waals surface area contributed by atoms with E-state index in [0.29, 0.717) is 6.42 Å². The van der Waals surface area contributed by atoms with Gasteiger partial charge in [-0.1, -0.05) is 15.9 Å². The van der Waals surface area contributed by atoms with E-state index < -0.39 is 0 Å². The van der Waals surface area contributed by atoms with Gasteiger partial charge in [-0.3, -0.25) is 4.79 Å². The number of rotatable bonds is 3. The van der Waals surface area contributed by atoms with E-state index in [0.717, 1.165) is 46.6 Å². The van der Waals surface area contributed by atoms with Crippen molar-refractivity contribution in [1.29, 1.82) is 0 Å². The second-order valence-electron chi connectivity index (χ2n) is 5.02. The monoisotopic (exact) mass is 362 g/mol. The van der Waals surface area contributed by atoms with Gasteiger partial charge < -0.3 is 0 Å². The summed E-state index contributed by atoms with van der Waals surface area (Å²) in [6, 6.07) is 8.20. The third-order valence-corrected chi connectivity index (χ3v) is 5.00. The maximum absolute atomic E-state index is 11.9. The number of carbonyl (C=O) groups is 1. The molecule has 0 atom stereocenters. The molecule has 5 heteroatoms. The molecule has 21 heavy (non-hydrogen) atoms. The van der Waals surface area contributed by atoms with E-state index in [1.165, 1.54) is 4.90 Å². The van der Waals surface area contributed by atoms with Gasteiger partial charge in [-0.25, -0.2) is 9.97 Å². The fourth-order valence-electron chi connectivity index (χ4n) is 2.34. The Hall–Kier alpha value is -1.20. The van der Waals surface area contributed by atoms with Crippen LogP contribution < -0.4 is 0 Å². The summed E-state index contributed by atoms with van der Waals surface area (Å²) >= 11 is 5.14. The lowest BCUT2D eigenvalue weighted by atomic mass is 10.1. The van der Waals surface area contributed by atoms with Crippen LogP contribution in [0.1, 0.15) is 41.1 Å². The summed E-state index contributed by atoms with van der Waals surface area (Å²) in [5, 5.41) is 0. The molecular formula is C16H15BrN2OS. The lowest BCUT2D eigenvalue weighted by Gasteiger charge is -2.06. The third-order valence-electron chi connectivity index (χ3n) is 3.47. The van der Waals surface area contributed by atoms with Crippen LogP contribution in [0.5, 0.6) is 0 Å². The fraction of sp³-hybridized carbons (Fsp3) is 0.312. The van der Waals surface area contributed by atoms with E-state index in [1.807, 2.05) is 12.1 Å². The molecule has 0 spiro atoms. The van der Waals surface area contributed by atoms with Crippen LogP contribution in [-0.4, -0.2) is 15.8 Å². The Kier molecular flexibility index (Phi) is 4.70. The number of halogens is 1. The fourth-order valence-corrected chi connectivity index (χ4v) is 3.37. The number of hydrogen-bond donors (Lipinski definition) is 0. The summed E-state index contributed by atoms with van der Waals surface area (Å²) in [6.07, 6.45) is 5.23. The Labute approximate surface area is 136 Å². The van der Waals surface area contributed by atoms with Gasteiger partial charge in [0.05, 0.1) is 17.0 Å². The minimum absolute atomic E-state index is 0.189. The predicted octanol–water partition coefficient (Wildman–Crippen LogP) is 4.44. The second kappa shape index (κ2) is 6.71. The van der Waals surface area contributed by atoms with Crippen molar-refractivity contribution >= 4 is 33.5 Å². The molecule has 1 heterocycles. The Morgan fingerprint density at radius 2 is 1.90 bits per heavy atom. The number of fused-ring (bicyclic) bond motifs is 1. The first-order valence-corrected chi connectivity index (χ1v) is 8.76. The van der Waals surface area contributed by atoms with E-state index in [2.05, 4.69) is 38.0 Å². The Balaban J connectivity index is 1.73. The molecule has 1 aromatic heterocycles. The molecule has 0 saturated heterocycles. The molecule has 0 aliphatic heterocycles. The zero-order valence-electron chi connectivity index (χ0n) is 11.5. The number of benzene rings is 1. The largest absolute Gasteiger partial charge is 0.294 e. The van der Waals surface area contributed by atoms with Gasteiger partial charge >= 0.3 is 0 Å². The molecule has 0 saturated carbocycles. The lowest BCUT2D eigenvalue weighted by Crippen LogP contribution is -2.06. The number of aryl methyl sites for hydroxylation is 1. The first-order valence-electron chi connectivity index (χ1n) is 6.99. The van der Waals surface area contributed by atoms with Crippen LogP contribution in [0.4, 0.5) is 0 Å². The smallest absolute Gasteiger partial charge is 0.166 e. The zero-order valence-corrected chi connectivity index (χ0v) is 13.9. The van der Waals surface area contributed by atoms with E-state index in [-0.39, 0.29) is 5.78 Å². The molecule has 1 aliphatic rings. The summed E-state index contributed by atoms with van der Waals surface area (Å²) in [5.74, 6) is 1.72. The van der Waals surface area contributed by atoms with E-state index in [1.54, 1.807) is 18.0 Å². The Morgan fingerprint density at radius 1 is 1.14 bits per heavy atom. The standard InChI is InChI=1S/C16H15BrN2OS/c17-11-5-7-12(8-6-11)21-10-16-18-9-13-14(19-16)3-1-2-4-15(13)20/h5-9H,1-4,10H2. The van der Waals surface area contributed by atoms with Crippen molar-refractivity contribution in [3.05, 3.63) is 52.0 Å². The molecule has 0 N–H and O–H groups in total. The first kappa shape index (κ1) is 14.7. The predicted molar refractivity (Wildman–Crippen MR) is 87.6 cm³/mol. The van der Waals surface area contributed by atoms with Gasteiger partial charge in [0.2, 0.25) is 0 Å². The number of thioether (sulfide) groups is 1. The molecule has 0 amide bonds. The Bertz CT molecular complexity index is 658. The van der Waals surface area contributed by atoms with Crippen molar-refractivity contribution in [3.8, 4) is 0 Å². The van der Waals surface area contributed by atoms with Crippen molar-refractivity contribution in [2.45, 2.75) is 36.3 Å². The minimum atomic E-state index is 0.189. The van der Waals surface area contributed by atoms with Crippen LogP contribution in [0.15, 0.2) is 39.8 Å². The van der Waals surface area contributed by atoms with Gasteiger partial charge in [-0.15, -0.1) is 11.8 Å². The summed E-state index contributed by atoms with van der Waals surface area (Å²) in [4.78, 5) is 22.1. The molecule has 0 radical (unpaired) electrons. The SMILES string of the molecule is O=C1CCCCc2nc(CSc3ccc(Br)cc3)ncc21. The lowest BCUT2D eigenvalue weighted by molar-refractivity contribution is 0.0981. The third kappa shape index (κ3) is 3.71. The number of nitrogens with zero attached hydrogens (tertiary/aromatic N) is 2. The molecule has 2 aromatic rings. The van der Waals surface area contributed by atoms with Gasteiger partial charge in [0.25, 0.3) is 0 Å². The van der Waals surface area contributed by atoms with Crippen molar-refractivity contribution < 1.29 is 4.79 Å². The average Bonchev–Trinajstić information content (AvgIpc) is 2.68. The number of aromatic nitrogens is 2. The summed E-state index contributed by atoms with van der Waals surface area (Å²) in [6.45, 7) is 0. The number of Topliss-reactive ketones (excluding diaryl/α,β-unsaturated/α-hetero) is 1. The van der Waals surface area contributed by atoms with Crippen LogP contribution >= 0.6 is 27.7 Å². The molecular weight excluding hydrogens is 348 g/mol. The molecule has 0 fully saturated rings. The minimum Gasteiger partial charge on any atom is -0.294 e. The van der Waals surface area contributed by atoms with E-state index in [4.69, 9.17) is 0 Å². The topological polar surface area (TPSA) is 42.9 Å². The molecule has 1 aromatic carbocycles. The average molecular weight is 363 g/mol. The highest BCUT2D eigenvalue weighted by molar-refractivity contribution is 9.10. The van der Waals surface area contributed by atoms with Crippen LogP contribution in [0.3, 0.4) is 0 Å². The normalized spacial score (nSPS) is 14.6. The molecule has 1 aliphatic carbocycles. The van der Waals surface area contributed by atoms with Crippen LogP contribution in [0, 0.1) is 0 Å². The van der Waals surface area contributed by atoms with Crippen LogP contribution in [-0.2, 0) is 12.2 Å². The van der Waals surface area contributed by atoms with E-state index >= 15 is 0 Å². The van der Waals surface area contributed by atoms with Gasteiger partial charge in [-0.05, 0) is 43.5 Å². The van der Waals surface area contributed by atoms with Crippen molar-refractivity contribution in [2.75, 3.05) is 0 Å². The van der Waals surface area contributed by atoms with Crippen molar-refractivity contribution in [2.24, 2.45) is 0 Å². The number of ketones is 1. The number of carbonyl (C=O) groups excluding carboxylic acids is 1. The number of hydrogen-bond acceptors (Lipinski definition) is 4. The molecule has 0 bridgehead atoms. The zero-order chi connectivity index (χ0) is 14.7. The van der Waals surface area contributed by atoms with Crippen molar-refractivity contribution in [1.82, 2.24) is 9.97 Å². The Morgan fingerprint density at radius 3 is 2.71 bits per heavy atom.